The lowest BCUT2D eigenvalue weighted by Gasteiger charge is -2.22. The summed E-state index contributed by atoms with van der Waals surface area (Å²) in [5.74, 6) is -3.00. The third kappa shape index (κ3) is 6.53. The Morgan fingerprint density at radius 1 is 1.21 bits per heavy atom. The number of aliphatic carboxylic acids is 1. The third-order valence-corrected chi connectivity index (χ3v) is 3.74. The van der Waals surface area contributed by atoms with Crippen molar-refractivity contribution < 1.29 is 24.3 Å². The minimum Gasteiger partial charge on any atom is -0.480 e. The molecule has 1 saturated heterocycles. The van der Waals surface area contributed by atoms with Gasteiger partial charge in [0.25, 0.3) is 0 Å². The van der Waals surface area contributed by atoms with Gasteiger partial charge in [-0.3, -0.25) is 14.4 Å². The largest absolute Gasteiger partial charge is 0.480 e. The van der Waals surface area contributed by atoms with Crippen LogP contribution in [-0.4, -0.2) is 53.5 Å². The van der Waals surface area contributed by atoms with Crippen LogP contribution in [0.15, 0.2) is 0 Å². The first-order valence-corrected chi connectivity index (χ1v) is 8.06. The van der Waals surface area contributed by atoms with E-state index in [0.29, 0.717) is 13.0 Å². The SMILES string of the molecule is CC(C)C[C@H](NC(=O)[C@H](CC(N)=O)NC(=O)[C@@H]1CCCN1)C(=O)O. The molecule has 1 heterocycles. The highest BCUT2D eigenvalue weighted by Gasteiger charge is 2.30. The molecule has 0 unspecified atom stereocenters. The number of hydrogen-bond donors (Lipinski definition) is 5. The van der Waals surface area contributed by atoms with Crippen molar-refractivity contribution in [2.75, 3.05) is 6.54 Å². The van der Waals surface area contributed by atoms with Gasteiger partial charge in [0.1, 0.15) is 12.1 Å². The molecule has 0 spiro atoms. The van der Waals surface area contributed by atoms with Crippen molar-refractivity contribution in [2.45, 2.75) is 57.7 Å². The first kappa shape index (κ1) is 19.9. The van der Waals surface area contributed by atoms with Crippen LogP contribution in [0.3, 0.4) is 0 Å². The number of carboxylic acids is 1. The molecule has 0 aromatic rings. The fourth-order valence-electron chi connectivity index (χ4n) is 2.56. The van der Waals surface area contributed by atoms with Crippen molar-refractivity contribution >= 4 is 23.7 Å². The number of carbonyl (C=O) groups excluding carboxylic acids is 3. The van der Waals surface area contributed by atoms with Gasteiger partial charge in [-0.2, -0.15) is 0 Å². The van der Waals surface area contributed by atoms with E-state index >= 15 is 0 Å². The number of nitrogens with two attached hydrogens (primary N) is 1. The van der Waals surface area contributed by atoms with E-state index in [1.54, 1.807) is 0 Å². The van der Waals surface area contributed by atoms with Crippen molar-refractivity contribution in [2.24, 2.45) is 11.7 Å². The van der Waals surface area contributed by atoms with Crippen molar-refractivity contribution in [3.05, 3.63) is 0 Å². The van der Waals surface area contributed by atoms with Gasteiger partial charge in [0, 0.05) is 0 Å². The topological polar surface area (TPSA) is 151 Å². The maximum Gasteiger partial charge on any atom is 0.326 e. The van der Waals surface area contributed by atoms with Crippen LogP contribution in [0.1, 0.15) is 39.5 Å². The average molecular weight is 342 g/mol. The molecule has 0 aromatic carbocycles. The first-order valence-electron chi connectivity index (χ1n) is 8.06. The molecular formula is C15H26N4O5. The van der Waals surface area contributed by atoms with Crippen molar-refractivity contribution in [1.29, 1.82) is 0 Å². The van der Waals surface area contributed by atoms with Gasteiger partial charge in [-0.25, -0.2) is 4.79 Å². The summed E-state index contributed by atoms with van der Waals surface area (Å²) in [6.07, 6.45) is 1.34. The third-order valence-electron chi connectivity index (χ3n) is 3.74. The lowest BCUT2D eigenvalue weighted by molar-refractivity contribution is -0.142. The molecule has 3 atom stereocenters. The summed E-state index contributed by atoms with van der Waals surface area (Å²) in [6.45, 7) is 4.37. The average Bonchev–Trinajstić information content (AvgIpc) is 2.98. The lowest BCUT2D eigenvalue weighted by atomic mass is 10.0. The van der Waals surface area contributed by atoms with Crippen molar-refractivity contribution in [3.63, 3.8) is 0 Å². The molecule has 6 N–H and O–H groups in total. The molecule has 3 amide bonds. The second-order valence-corrected chi connectivity index (χ2v) is 6.41. The Balaban J connectivity index is 2.73. The van der Waals surface area contributed by atoms with Gasteiger partial charge in [0.2, 0.25) is 17.7 Å². The zero-order chi connectivity index (χ0) is 18.3. The number of hydrogen-bond acceptors (Lipinski definition) is 5. The highest BCUT2D eigenvalue weighted by atomic mass is 16.4. The maximum absolute atomic E-state index is 12.3. The zero-order valence-electron chi connectivity index (χ0n) is 14.0. The minimum atomic E-state index is -1.19. The lowest BCUT2D eigenvalue weighted by Crippen LogP contribution is -2.55. The van der Waals surface area contributed by atoms with E-state index in [2.05, 4.69) is 16.0 Å². The van der Waals surface area contributed by atoms with Gasteiger partial charge in [-0.05, 0) is 31.7 Å². The van der Waals surface area contributed by atoms with E-state index in [0.717, 1.165) is 6.42 Å². The van der Waals surface area contributed by atoms with Crippen molar-refractivity contribution in [1.82, 2.24) is 16.0 Å². The van der Waals surface area contributed by atoms with Gasteiger partial charge >= 0.3 is 5.97 Å². The molecule has 9 nitrogen and oxygen atoms in total. The molecule has 1 rings (SSSR count). The molecule has 1 aliphatic heterocycles. The zero-order valence-corrected chi connectivity index (χ0v) is 14.0. The second-order valence-electron chi connectivity index (χ2n) is 6.41. The number of primary amides is 1. The van der Waals surface area contributed by atoms with Gasteiger partial charge < -0.3 is 26.8 Å². The molecule has 9 heteroatoms. The standard InChI is InChI=1S/C15H26N4O5/c1-8(2)6-11(15(23)24)19-14(22)10(7-12(16)20)18-13(21)9-4-3-5-17-9/h8-11,17H,3-7H2,1-2H3,(H2,16,20)(H,18,21)(H,19,22)(H,23,24)/t9-,10-,11-/m0/s1. The van der Waals surface area contributed by atoms with E-state index < -0.39 is 48.2 Å². The minimum absolute atomic E-state index is 0.0540. The van der Waals surface area contributed by atoms with Gasteiger partial charge in [-0.15, -0.1) is 0 Å². The van der Waals surface area contributed by atoms with E-state index in [9.17, 15) is 24.3 Å². The highest BCUT2D eigenvalue weighted by Crippen LogP contribution is 2.08. The van der Waals surface area contributed by atoms with Gasteiger partial charge in [0.15, 0.2) is 0 Å². The summed E-state index contributed by atoms with van der Waals surface area (Å²) in [5, 5.41) is 17.0. The van der Waals surface area contributed by atoms with Crippen LogP contribution in [-0.2, 0) is 19.2 Å². The number of carbonyl (C=O) groups is 4. The molecule has 24 heavy (non-hydrogen) atoms. The van der Waals surface area contributed by atoms with E-state index in [1.807, 2.05) is 13.8 Å². The van der Waals surface area contributed by atoms with Crippen LogP contribution in [0, 0.1) is 5.92 Å². The monoisotopic (exact) mass is 342 g/mol. The predicted molar refractivity (Wildman–Crippen MR) is 85.8 cm³/mol. The van der Waals surface area contributed by atoms with Gasteiger partial charge in [-0.1, -0.05) is 13.8 Å². The second kappa shape index (κ2) is 9.21. The fourth-order valence-corrected chi connectivity index (χ4v) is 2.56. The van der Waals surface area contributed by atoms with Crippen molar-refractivity contribution in [3.8, 4) is 0 Å². The van der Waals surface area contributed by atoms with Gasteiger partial charge in [0.05, 0.1) is 12.5 Å². The quantitative estimate of drug-likeness (QED) is 0.352. The van der Waals surface area contributed by atoms with Crippen LogP contribution in [0.2, 0.25) is 0 Å². The Labute approximate surface area is 140 Å². The first-order chi connectivity index (χ1) is 11.2. The fraction of sp³-hybridized carbons (Fsp3) is 0.733. The number of nitrogens with one attached hydrogen (secondary N) is 3. The van der Waals surface area contributed by atoms with E-state index in [1.165, 1.54) is 0 Å². The summed E-state index contributed by atoms with van der Waals surface area (Å²) in [4.78, 5) is 46.8. The normalized spacial score (nSPS) is 19.5. The summed E-state index contributed by atoms with van der Waals surface area (Å²) < 4.78 is 0. The number of rotatable bonds is 9. The molecule has 0 saturated carbocycles. The Morgan fingerprint density at radius 2 is 1.88 bits per heavy atom. The summed E-state index contributed by atoms with van der Waals surface area (Å²) in [6, 6.07) is -2.69. The molecule has 0 bridgehead atoms. The summed E-state index contributed by atoms with van der Waals surface area (Å²) in [5.41, 5.74) is 5.13. The maximum atomic E-state index is 12.3. The summed E-state index contributed by atoms with van der Waals surface area (Å²) in [7, 11) is 0. The Kier molecular flexibility index (Phi) is 7.63. The van der Waals surface area contributed by atoms with Crippen LogP contribution >= 0.6 is 0 Å². The molecule has 1 fully saturated rings. The smallest absolute Gasteiger partial charge is 0.326 e. The molecule has 1 aliphatic rings. The summed E-state index contributed by atoms with van der Waals surface area (Å²) >= 11 is 0. The molecule has 136 valence electrons. The number of carboxylic acid groups (broad SMARTS) is 1. The molecule has 0 aromatic heterocycles. The number of amides is 3. The van der Waals surface area contributed by atoms with Crippen LogP contribution in [0.4, 0.5) is 0 Å². The van der Waals surface area contributed by atoms with E-state index in [4.69, 9.17) is 5.73 Å². The predicted octanol–water partition coefficient (Wildman–Crippen LogP) is -1.29. The Morgan fingerprint density at radius 3 is 2.33 bits per heavy atom. The van der Waals surface area contributed by atoms with Crippen LogP contribution in [0.5, 0.6) is 0 Å². The molecular weight excluding hydrogens is 316 g/mol. The Hall–Kier alpha value is -2.16. The highest BCUT2D eigenvalue weighted by molar-refractivity contribution is 5.94. The van der Waals surface area contributed by atoms with Crippen LogP contribution < -0.4 is 21.7 Å². The molecule has 0 radical (unpaired) electrons. The molecule has 0 aliphatic carbocycles. The van der Waals surface area contributed by atoms with Crippen LogP contribution in [0.25, 0.3) is 0 Å². The Bertz CT molecular complexity index is 488. The van der Waals surface area contributed by atoms with E-state index in [-0.39, 0.29) is 12.3 Å².